The third-order valence-corrected chi connectivity index (χ3v) is 4.78. The lowest BCUT2D eigenvalue weighted by Gasteiger charge is -2.21. The molecule has 0 bridgehead atoms. The molecule has 1 atom stereocenters. The first-order valence-electron chi connectivity index (χ1n) is 7.50. The van der Waals surface area contributed by atoms with Crippen molar-refractivity contribution in [3.05, 3.63) is 29.8 Å². The van der Waals surface area contributed by atoms with Crippen LogP contribution in [0.3, 0.4) is 0 Å². The van der Waals surface area contributed by atoms with Gasteiger partial charge in [0.25, 0.3) is 0 Å². The molecule has 1 heterocycles. The first-order chi connectivity index (χ1) is 10.2. The molecule has 1 saturated heterocycles. The molecule has 2 rings (SSSR count). The van der Waals surface area contributed by atoms with Crippen LogP contribution in [0.2, 0.25) is 0 Å². The van der Waals surface area contributed by atoms with Crippen LogP contribution in [0.15, 0.2) is 29.2 Å². The summed E-state index contributed by atoms with van der Waals surface area (Å²) in [7, 11) is 0. The Morgan fingerprint density at radius 2 is 2.19 bits per heavy atom. The SMILES string of the molecule is Cc1ccc(SCCNC(=O)CN2CCC[C@@H]2CO)cc1. The number of hydrogen-bond donors (Lipinski definition) is 2. The topological polar surface area (TPSA) is 52.6 Å². The quantitative estimate of drug-likeness (QED) is 0.594. The predicted molar refractivity (Wildman–Crippen MR) is 86.6 cm³/mol. The number of rotatable bonds is 7. The molecule has 1 aromatic carbocycles. The van der Waals surface area contributed by atoms with Crippen molar-refractivity contribution in [2.45, 2.75) is 30.7 Å². The highest BCUT2D eigenvalue weighted by molar-refractivity contribution is 7.99. The standard InChI is InChI=1S/C16H24N2O2S/c1-13-4-6-15(7-5-13)21-10-8-17-16(20)11-18-9-2-3-14(18)12-19/h4-7,14,19H,2-3,8-12H2,1H3,(H,17,20)/t14-/m1/s1. The molecule has 0 aromatic heterocycles. The molecule has 0 saturated carbocycles. The van der Waals surface area contributed by atoms with Crippen molar-refractivity contribution in [3.63, 3.8) is 0 Å². The van der Waals surface area contributed by atoms with E-state index in [0.29, 0.717) is 13.1 Å². The summed E-state index contributed by atoms with van der Waals surface area (Å²) in [6, 6.07) is 8.58. The number of nitrogens with zero attached hydrogens (tertiary/aromatic N) is 1. The number of hydrogen-bond acceptors (Lipinski definition) is 4. The van der Waals surface area contributed by atoms with Crippen molar-refractivity contribution in [3.8, 4) is 0 Å². The van der Waals surface area contributed by atoms with Crippen molar-refractivity contribution in [1.82, 2.24) is 10.2 Å². The van der Waals surface area contributed by atoms with E-state index in [-0.39, 0.29) is 18.6 Å². The molecule has 1 aromatic rings. The largest absolute Gasteiger partial charge is 0.395 e. The molecule has 21 heavy (non-hydrogen) atoms. The molecule has 2 N–H and O–H groups in total. The van der Waals surface area contributed by atoms with Gasteiger partial charge in [0.2, 0.25) is 5.91 Å². The molecule has 4 nitrogen and oxygen atoms in total. The normalized spacial score (nSPS) is 18.9. The number of carbonyl (C=O) groups excluding carboxylic acids is 1. The van der Waals surface area contributed by atoms with E-state index in [1.165, 1.54) is 10.5 Å². The van der Waals surface area contributed by atoms with E-state index in [4.69, 9.17) is 0 Å². The van der Waals surface area contributed by atoms with Gasteiger partial charge in [-0.15, -0.1) is 11.8 Å². The Morgan fingerprint density at radius 1 is 1.43 bits per heavy atom. The van der Waals surface area contributed by atoms with Gasteiger partial charge in [-0.2, -0.15) is 0 Å². The van der Waals surface area contributed by atoms with Gasteiger partial charge in [-0.05, 0) is 38.4 Å². The van der Waals surface area contributed by atoms with Crippen LogP contribution in [0.25, 0.3) is 0 Å². The maximum absolute atomic E-state index is 11.9. The Kier molecular flexibility index (Phi) is 6.54. The fraction of sp³-hybridized carbons (Fsp3) is 0.562. The van der Waals surface area contributed by atoms with E-state index in [0.717, 1.165) is 25.1 Å². The minimum Gasteiger partial charge on any atom is -0.395 e. The van der Waals surface area contributed by atoms with Gasteiger partial charge in [0.1, 0.15) is 0 Å². The summed E-state index contributed by atoms with van der Waals surface area (Å²) in [5.41, 5.74) is 1.26. The van der Waals surface area contributed by atoms with Gasteiger partial charge < -0.3 is 10.4 Å². The monoisotopic (exact) mass is 308 g/mol. The molecule has 1 aliphatic heterocycles. The zero-order valence-corrected chi connectivity index (χ0v) is 13.4. The Hall–Kier alpha value is -1.04. The van der Waals surface area contributed by atoms with Crippen LogP contribution < -0.4 is 5.32 Å². The lowest BCUT2D eigenvalue weighted by atomic mass is 10.2. The third kappa shape index (κ3) is 5.34. The predicted octanol–water partition coefficient (Wildman–Crippen LogP) is 1.66. The molecule has 0 radical (unpaired) electrons. The lowest BCUT2D eigenvalue weighted by molar-refractivity contribution is -0.122. The molecular weight excluding hydrogens is 284 g/mol. The number of likely N-dealkylation sites (tertiary alicyclic amines) is 1. The summed E-state index contributed by atoms with van der Waals surface area (Å²) in [4.78, 5) is 15.2. The number of nitrogens with one attached hydrogen (secondary N) is 1. The van der Waals surface area contributed by atoms with Crippen LogP contribution in [0.4, 0.5) is 0 Å². The summed E-state index contributed by atoms with van der Waals surface area (Å²) >= 11 is 1.75. The highest BCUT2D eigenvalue weighted by Gasteiger charge is 2.25. The molecule has 0 aliphatic carbocycles. The van der Waals surface area contributed by atoms with Crippen molar-refractivity contribution in [2.24, 2.45) is 0 Å². The highest BCUT2D eigenvalue weighted by Crippen LogP contribution is 2.17. The second-order valence-electron chi connectivity index (χ2n) is 5.46. The maximum Gasteiger partial charge on any atom is 0.234 e. The summed E-state index contributed by atoms with van der Waals surface area (Å²) in [5.74, 6) is 0.929. The minimum absolute atomic E-state index is 0.0554. The second kappa shape index (κ2) is 8.41. The number of thioether (sulfide) groups is 1. The molecule has 1 aliphatic rings. The Balaban J connectivity index is 1.62. The van der Waals surface area contributed by atoms with Gasteiger partial charge in [-0.3, -0.25) is 9.69 Å². The number of benzene rings is 1. The molecule has 1 fully saturated rings. The Bertz CT molecular complexity index is 450. The molecule has 5 heteroatoms. The van der Waals surface area contributed by atoms with Gasteiger partial charge in [0.15, 0.2) is 0 Å². The average molecular weight is 308 g/mol. The fourth-order valence-corrected chi connectivity index (χ4v) is 3.31. The van der Waals surface area contributed by atoms with E-state index in [1.807, 2.05) is 0 Å². The van der Waals surface area contributed by atoms with Crippen molar-refractivity contribution >= 4 is 17.7 Å². The zero-order valence-electron chi connectivity index (χ0n) is 12.5. The maximum atomic E-state index is 11.9. The van der Waals surface area contributed by atoms with Crippen LogP contribution >= 0.6 is 11.8 Å². The van der Waals surface area contributed by atoms with Gasteiger partial charge in [0.05, 0.1) is 13.2 Å². The number of amides is 1. The van der Waals surface area contributed by atoms with Crippen molar-refractivity contribution < 1.29 is 9.90 Å². The summed E-state index contributed by atoms with van der Waals surface area (Å²) in [5, 5.41) is 12.2. The average Bonchev–Trinajstić information content (AvgIpc) is 2.92. The summed E-state index contributed by atoms with van der Waals surface area (Å²) < 4.78 is 0. The fourth-order valence-electron chi connectivity index (χ4n) is 2.54. The van der Waals surface area contributed by atoms with Crippen LogP contribution in [-0.2, 0) is 4.79 Å². The number of aliphatic hydroxyl groups is 1. The second-order valence-corrected chi connectivity index (χ2v) is 6.63. The molecular formula is C16H24N2O2S. The van der Waals surface area contributed by atoms with E-state index in [1.54, 1.807) is 11.8 Å². The third-order valence-electron chi connectivity index (χ3n) is 3.77. The van der Waals surface area contributed by atoms with E-state index < -0.39 is 0 Å². The minimum atomic E-state index is 0.0554. The van der Waals surface area contributed by atoms with E-state index in [9.17, 15) is 9.90 Å². The van der Waals surface area contributed by atoms with Crippen LogP contribution in [-0.4, -0.2) is 53.9 Å². The van der Waals surface area contributed by atoms with Gasteiger partial charge in [-0.25, -0.2) is 0 Å². The van der Waals surface area contributed by atoms with Crippen LogP contribution in [0, 0.1) is 6.92 Å². The Morgan fingerprint density at radius 3 is 2.90 bits per heavy atom. The van der Waals surface area contributed by atoms with Gasteiger partial charge in [-0.1, -0.05) is 17.7 Å². The van der Waals surface area contributed by atoms with E-state index >= 15 is 0 Å². The highest BCUT2D eigenvalue weighted by atomic mass is 32.2. The van der Waals surface area contributed by atoms with Crippen LogP contribution in [0.5, 0.6) is 0 Å². The van der Waals surface area contributed by atoms with Gasteiger partial charge in [0, 0.05) is 23.2 Å². The number of aliphatic hydroxyl groups excluding tert-OH is 1. The zero-order chi connectivity index (χ0) is 15.1. The Labute approximate surface area is 130 Å². The molecule has 1 amide bonds. The smallest absolute Gasteiger partial charge is 0.234 e. The van der Waals surface area contributed by atoms with E-state index in [2.05, 4.69) is 41.4 Å². The van der Waals surface area contributed by atoms with Crippen molar-refractivity contribution in [1.29, 1.82) is 0 Å². The number of carbonyl (C=O) groups is 1. The first-order valence-corrected chi connectivity index (χ1v) is 8.48. The van der Waals surface area contributed by atoms with Crippen LogP contribution in [0.1, 0.15) is 18.4 Å². The summed E-state index contributed by atoms with van der Waals surface area (Å²) in [6.07, 6.45) is 2.06. The first kappa shape index (κ1) is 16.3. The van der Waals surface area contributed by atoms with Crippen molar-refractivity contribution in [2.75, 3.05) is 32.0 Å². The molecule has 116 valence electrons. The molecule has 0 unspecified atom stereocenters. The lowest BCUT2D eigenvalue weighted by Crippen LogP contribution is -2.41. The molecule has 0 spiro atoms. The summed E-state index contributed by atoms with van der Waals surface area (Å²) in [6.45, 7) is 4.22. The number of aryl methyl sites for hydroxylation is 1. The van der Waals surface area contributed by atoms with Gasteiger partial charge >= 0.3 is 0 Å².